The van der Waals surface area contributed by atoms with Crippen LogP contribution in [0, 0.1) is 0 Å². The first-order valence-electron chi connectivity index (χ1n) is 2.92. The van der Waals surface area contributed by atoms with E-state index in [0.29, 0.717) is 11.4 Å². The lowest BCUT2D eigenvalue weighted by Gasteiger charge is -1.95. The number of aromatic nitrogens is 1. The van der Waals surface area contributed by atoms with Gasteiger partial charge in [-0.3, -0.25) is 4.98 Å². The molecule has 1 atom stereocenters. The molecule has 2 rings (SSSR count). The first-order valence-corrected chi connectivity index (χ1v) is 2.92. The van der Waals surface area contributed by atoms with Crippen LogP contribution >= 0.6 is 0 Å². The van der Waals surface area contributed by atoms with Crippen LogP contribution in [0.3, 0.4) is 0 Å². The second-order valence-electron chi connectivity index (χ2n) is 2.00. The molecule has 0 bridgehead atoms. The van der Waals surface area contributed by atoms with E-state index in [1.807, 2.05) is 0 Å². The highest BCUT2D eigenvalue weighted by Gasteiger charge is 2.17. The average molecular weight is 135 g/mol. The van der Waals surface area contributed by atoms with Crippen LogP contribution in [0.1, 0.15) is 11.9 Å². The largest absolute Gasteiger partial charge is 0.365 e. The average Bonchev–Trinajstić information content (AvgIpc) is 2.34. The fourth-order valence-electron chi connectivity index (χ4n) is 0.864. The molecule has 1 unspecified atom stereocenters. The molecule has 50 valence electrons. The Balaban J connectivity index is 2.59. The zero-order chi connectivity index (χ0) is 6.97. The Morgan fingerprint density at radius 3 is 3.20 bits per heavy atom. The zero-order valence-corrected chi connectivity index (χ0v) is 5.10. The van der Waals surface area contributed by atoms with Crippen LogP contribution in [-0.2, 0) is 0 Å². The van der Waals surface area contributed by atoms with Crippen LogP contribution in [0.15, 0.2) is 28.6 Å². The monoisotopic (exact) mass is 135 g/mol. The van der Waals surface area contributed by atoms with Gasteiger partial charge in [0.05, 0.1) is 0 Å². The maximum atomic E-state index is 9.06. The smallest absolute Gasteiger partial charge is 0.211 e. The molecule has 2 heterocycles. The van der Waals surface area contributed by atoms with Crippen molar-refractivity contribution in [2.24, 2.45) is 10.2 Å². The van der Waals surface area contributed by atoms with E-state index in [1.165, 1.54) is 0 Å². The van der Waals surface area contributed by atoms with Crippen molar-refractivity contribution in [3.63, 3.8) is 0 Å². The Morgan fingerprint density at radius 1 is 1.50 bits per heavy atom. The van der Waals surface area contributed by atoms with Crippen molar-refractivity contribution >= 4 is 5.69 Å². The van der Waals surface area contributed by atoms with Crippen LogP contribution in [0.25, 0.3) is 0 Å². The van der Waals surface area contributed by atoms with E-state index in [2.05, 4.69) is 15.2 Å². The third-order valence-electron chi connectivity index (χ3n) is 1.34. The number of hydrogen-bond donors (Lipinski definition) is 1. The standard InChI is InChI=1S/C6H5N3O/c10-6-5-4(8-9-6)2-1-3-7-5/h1-3,6,10H. The van der Waals surface area contributed by atoms with Crippen molar-refractivity contribution < 1.29 is 5.11 Å². The molecule has 4 heteroatoms. The number of aliphatic hydroxyl groups is 1. The number of aliphatic hydroxyl groups excluding tert-OH is 1. The number of pyridine rings is 1. The molecule has 0 aliphatic carbocycles. The van der Waals surface area contributed by atoms with Crippen LogP contribution in [-0.4, -0.2) is 10.1 Å². The van der Waals surface area contributed by atoms with Gasteiger partial charge in [-0.2, -0.15) is 5.11 Å². The van der Waals surface area contributed by atoms with Gasteiger partial charge in [0.25, 0.3) is 0 Å². The summed E-state index contributed by atoms with van der Waals surface area (Å²) < 4.78 is 0. The topological polar surface area (TPSA) is 57.8 Å². The molecular weight excluding hydrogens is 130 g/mol. The van der Waals surface area contributed by atoms with Crippen molar-refractivity contribution in [1.82, 2.24) is 4.98 Å². The Kier molecular flexibility index (Phi) is 1.01. The van der Waals surface area contributed by atoms with Crippen molar-refractivity contribution in [1.29, 1.82) is 0 Å². The number of fused-ring (bicyclic) bond motifs is 1. The minimum Gasteiger partial charge on any atom is -0.365 e. The Labute approximate surface area is 57.3 Å². The Hall–Kier alpha value is -1.29. The van der Waals surface area contributed by atoms with Gasteiger partial charge in [-0.15, -0.1) is 5.11 Å². The molecule has 0 saturated heterocycles. The second-order valence-corrected chi connectivity index (χ2v) is 2.00. The number of hydrogen-bond acceptors (Lipinski definition) is 4. The van der Waals surface area contributed by atoms with Gasteiger partial charge in [-0.1, -0.05) is 0 Å². The van der Waals surface area contributed by atoms with E-state index in [0.717, 1.165) is 0 Å². The molecule has 0 fully saturated rings. The number of azo groups is 1. The molecule has 4 nitrogen and oxygen atoms in total. The summed E-state index contributed by atoms with van der Waals surface area (Å²) in [5.74, 6) is 0. The molecule has 1 aliphatic heterocycles. The lowest BCUT2D eigenvalue weighted by atomic mass is 10.3. The van der Waals surface area contributed by atoms with E-state index < -0.39 is 6.23 Å². The molecular formula is C6H5N3O. The predicted octanol–water partition coefficient (Wildman–Crippen LogP) is 1.17. The maximum Gasteiger partial charge on any atom is 0.211 e. The zero-order valence-electron chi connectivity index (χ0n) is 5.10. The molecule has 0 saturated carbocycles. The molecule has 1 N–H and O–H groups in total. The quantitative estimate of drug-likeness (QED) is 0.580. The van der Waals surface area contributed by atoms with Gasteiger partial charge < -0.3 is 5.11 Å². The van der Waals surface area contributed by atoms with Gasteiger partial charge in [0, 0.05) is 6.20 Å². The number of nitrogens with zero attached hydrogens (tertiary/aromatic N) is 3. The van der Waals surface area contributed by atoms with E-state index in [9.17, 15) is 0 Å². The highest BCUT2D eigenvalue weighted by Crippen LogP contribution is 2.30. The van der Waals surface area contributed by atoms with Crippen LogP contribution < -0.4 is 0 Å². The first kappa shape index (κ1) is 5.49. The third kappa shape index (κ3) is 0.625. The summed E-state index contributed by atoms with van der Waals surface area (Å²) in [6.07, 6.45) is 0.759. The Bertz CT molecular complexity index is 284. The summed E-state index contributed by atoms with van der Waals surface area (Å²) in [4.78, 5) is 3.90. The molecule has 0 radical (unpaired) electrons. The molecule has 1 aromatic heterocycles. The molecule has 0 spiro atoms. The van der Waals surface area contributed by atoms with E-state index in [4.69, 9.17) is 5.11 Å². The first-order chi connectivity index (χ1) is 4.88. The van der Waals surface area contributed by atoms with Crippen LogP contribution in [0.5, 0.6) is 0 Å². The summed E-state index contributed by atoms with van der Waals surface area (Å²) in [6, 6.07) is 3.53. The molecule has 0 aromatic carbocycles. The van der Waals surface area contributed by atoms with Gasteiger partial charge in [0.15, 0.2) is 0 Å². The van der Waals surface area contributed by atoms with E-state index in [-0.39, 0.29) is 0 Å². The van der Waals surface area contributed by atoms with Crippen molar-refractivity contribution in [3.05, 3.63) is 24.0 Å². The predicted molar refractivity (Wildman–Crippen MR) is 33.7 cm³/mol. The molecule has 10 heavy (non-hydrogen) atoms. The lowest BCUT2D eigenvalue weighted by molar-refractivity contribution is 0.184. The summed E-state index contributed by atoms with van der Waals surface area (Å²) in [5, 5.41) is 16.3. The minimum absolute atomic E-state index is 0.544. The fourth-order valence-corrected chi connectivity index (χ4v) is 0.864. The summed E-state index contributed by atoms with van der Waals surface area (Å²) >= 11 is 0. The number of rotatable bonds is 0. The van der Waals surface area contributed by atoms with Crippen LogP contribution in [0.2, 0.25) is 0 Å². The third-order valence-corrected chi connectivity index (χ3v) is 1.34. The van der Waals surface area contributed by atoms with E-state index in [1.54, 1.807) is 18.3 Å². The SMILES string of the molecule is OC1N=Nc2cccnc21. The van der Waals surface area contributed by atoms with Gasteiger partial charge in [0.1, 0.15) is 11.4 Å². The minimum atomic E-state index is -0.851. The van der Waals surface area contributed by atoms with Gasteiger partial charge in [-0.25, -0.2) is 0 Å². The molecule has 1 aromatic rings. The summed E-state index contributed by atoms with van der Waals surface area (Å²) in [6.45, 7) is 0. The molecule has 0 amide bonds. The summed E-state index contributed by atoms with van der Waals surface area (Å²) in [7, 11) is 0. The van der Waals surface area contributed by atoms with Crippen LogP contribution in [0.4, 0.5) is 5.69 Å². The maximum absolute atomic E-state index is 9.06. The Morgan fingerprint density at radius 2 is 2.40 bits per heavy atom. The van der Waals surface area contributed by atoms with Crippen molar-refractivity contribution in [2.45, 2.75) is 6.23 Å². The van der Waals surface area contributed by atoms with Crippen molar-refractivity contribution in [3.8, 4) is 0 Å². The fraction of sp³-hybridized carbons (Fsp3) is 0.167. The lowest BCUT2D eigenvalue weighted by Crippen LogP contribution is -1.90. The highest BCUT2D eigenvalue weighted by molar-refractivity contribution is 5.43. The van der Waals surface area contributed by atoms with Gasteiger partial charge >= 0.3 is 0 Å². The highest BCUT2D eigenvalue weighted by atomic mass is 16.3. The second kappa shape index (κ2) is 1.85. The molecule has 1 aliphatic rings. The summed E-state index contributed by atoms with van der Waals surface area (Å²) in [5.41, 5.74) is 1.21. The van der Waals surface area contributed by atoms with Gasteiger partial charge in [0.2, 0.25) is 6.23 Å². The normalized spacial score (nSPS) is 21.1. The van der Waals surface area contributed by atoms with Gasteiger partial charge in [-0.05, 0) is 12.1 Å². The van der Waals surface area contributed by atoms with Crippen molar-refractivity contribution in [2.75, 3.05) is 0 Å². The van der Waals surface area contributed by atoms with E-state index >= 15 is 0 Å².